The molecule has 1 aliphatic rings. The van der Waals surface area contributed by atoms with Gasteiger partial charge in [-0.15, -0.1) is 0 Å². The van der Waals surface area contributed by atoms with Crippen molar-refractivity contribution >= 4 is 29.1 Å². The fraction of sp³-hybridized carbons (Fsp3) is 0.444. The molecule has 0 saturated heterocycles. The summed E-state index contributed by atoms with van der Waals surface area (Å²) in [5, 5.41) is 9.29. The number of hydrazone groups is 1. The Morgan fingerprint density at radius 1 is 1.12 bits per heavy atom. The molecule has 3 N–H and O–H groups in total. The topological polar surface area (TPSA) is 99.7 Å². The second-order valence-electron chi connectivity index (χ2n) is 6.28. The molecule has 1 aromatic rings. The van der Waals surface area contributed by atoms with Gasteiger partial charge in [-0.2, -0.15) is 5.10 Å². The number of anilines is 1. The van der Waals surface area contributed by atoms with E-state index in [-0.39, 0.29) is 18.4 Å². The number of para-hydroxylation sites is 1. The van der Waals surface area contributed by atoms with Crippen molar-refractivity contribution in [3.05, 3.63) is 29.8 Å². The highest BCUT2D eigenvalue weighted by molar-refractivity contribution is 6.39. The SMILES string of the molecule is CC(CC(=O)NC1CCCC1)=NNC(=O)C(=O)Nc1ccccc1C. The lowest BCUT2D eigenvalue weighted by molar-refractivity contribution is -0.136. The van der Waals surface area contributed by atoms with E-state index in [0.29, 0.717) is 11.4 Å². The van der Waals surface area contributed by atoms with Gasteiger partial charge in [0, 0.05) is 17.4 Å². The van der Waals surface area contributed by atoms with Gasteiger partial charge < -0.3 is 10.6 Å². The van der Waals surface area contributed by atoms with Gasteiger partial charge in [-0.1, -0.05) is 31.0 Å². The number of carbonyl (C=O) groups is 3. The summed E-state index contributed by atoms with van der Waals surface area (Å²) in [5.74, 6) is -1.80. The summed E-state index contributed by atoms with van der Waals surface area (Å²) >= 11 is 0. The number of aryl methyl sites for hydroxylation is 1. The van der Waals surface area contributed by atoms with Gasteiger partial charge in [0.1, 0.15) is 0 Å². The van der Waals surface area contributed by atoms with Gasteiger partial charge >= 0.3 is 11.8 Å². The second-order valence-corrected chi connectivity index (χ2v) is 6.28. The minimum Gasteiger partial charge on any atom is -0.353 e. The van der Waals surface area contributed by atoms with Crippen LogP contribution in [0.2, 0.25) is 0 Å². The van der Waals surface area contributed by atoms with Crippen LogP contribution in [0.3, 0.4) is 0 Å². The molecule has 0 spiro atoms. The average molecular weight is 344 g/mol. The number of hydrogen-bond acceptors (Lipinski definition) is 4. The molecule has 0 bridgehead atoms. The number of rotatable bonds is 5. The van der Waals surface area contributed by atoms with Crippen molar-refractivity contribution in [3.63, 3.8) is 0 Å². The lowest BCUT2D eigenvalue weighted by Gasteiger charge is -2.11. The number of nitrogens with zero attached hydrogens (tertiary/aromatic N) is 1. The molecule has 2 rings (SSSR count). The van der Waals surface area contributed by atoms with E-state index in [1.165, 1.54) is 0 Å². The van der Waals surface area contributed by atoms with Gasteiger partial charge in [0.05, 0.1) is 6.42 Å². The minimum absolute atomic E-state index is 0.0934. The molecule has 7 heteroatoms. The highest BCUT2D eigenvalue weighted by Gasteiger charge is 2.18. The average Bonchev–Trinajstić information content (AvgIpc) is 3.07. The van der Waals surface area contributed by atoms with Crippen molar-refractivity contribution in [2.75, 3.05) is 5.32 Å². The zero-order valence-corrected chi connectivity index (χ0v) is 14.6. The third-order valence-electron chi connectivity index (χ3n) is 4.08. The molecule has 0 aliphatic heterocycles. The molecule has 1 saturated carbocycles. The maximum Gasteiger partial charge on any atom is 0.329 e. The van der Waals surface area contributed by atoms with E-state index < -0.39 is 11.8 Å². The Balaban J connectivity index is 1.78. The van der Waals surface area contributed by atoms with Crippen LogP contribution in [0.5, 0.6) is 0 Å². The number of hydrogen-bond donors (Lipinski definition) is 3. The van der Waals surface area contributed by atoms with Crippen molar-refractivity contribution in [2.24, 2.45) is 5.10 Å². The van der Waals surface area contributed by atoms with E-state index in [1.807, 2.05) is 19.1 Å². The van der Waals surface area contributed by atoms with Crippen molar-refractivity contribution in [2.45, 2.75) is 52.0 Å². The van der Waals surface area contributed by atoms with E-state index in [9.17, 15) is 14.4 Å². The van der Waals surface area contributed by atoms with E-state index in [4.69, 9.17) is 0 Å². The van der Waals surface area contributed by atoms with E-state index >= 15 is 0 Å². The molecule has 1 aromatic carbocycles. The first-order valence-electron chi connectivity index (χ1n) is 8.45. The largest absolute Gasteiger partial charge is 0.353 e. The number of carbonyl (C=O) groups excluding carboxylic acids is 3. The fourth-order valence-electron chi connectivity index (χ4n) is 2.71. The molecule has 0 aromatic heterocycles. The summed E-state index contributed by atoms with van der Waals surface area (Å²) in [5.41, 5.74) is 4.04. The number of amides is 3. The smallest absolute Gasteiger partial charge is 0.329 e. The van der Waals surface area contributed by atoms with Crippen LogP contribution < -0.4 is 16.1 Å². The van der Waals surface area contributed by atoms with Crippen LogP contribution >= 0.6 is 0 Å². The molecule has 0 heterocycles. The van der Waals surface area contributed by atoms with Gasteiger partial charge in [-0.3, -0.25) is 14.4 Å². The Morgan fingerprint density at radius 3 is 2.48 bits per heavy atom. The standard InChI is InChI=1S/C18H24N4O3/c1-12-7-3-6-10-15(12)20-17(24)18(25)22-21-13(2)11-16(23)19-14-8-4-5-9-14/h3,6-7,10,14H,4-5,8-9,11H2,1-2H3,(H,19,23)(H,20,24)(H,22,25). The number of nitrogens with one attached hydrogen (secondary N) is 3. The van der Waals surface area contributed by atoms with E-state index in [1.54, 1.807) is 19.1 Å². The van der Waals surface area contributed by atoms with Crippen LogP contribution in [0.15, 0.2) is 29.4 Å². The van der Waals surface area contributed by atoms with Crippen LogP contribution in [0, 0.1) is 6.92 Å². The maximum absolute atomic E-state index is 11.9. The van der Waals surface area contributed by atoms with E-state index in [0.717, 1.165) is 31.2 Å². The van der Waals surface area contributed by atoms with Crippen molar-refractivity contribution in [3.8, 4) is 0 Å². The quantitative estimate of drug-likeness (QED) is 0.432. The number of benzene rings is 1. The van der Waals surface area contributed by atoms with Crippen molar-refractivity contribution in [1.29, 1.82) is 0 Å². The van der Waals surface area contributed by atoms with Crippen LogP contribution in [-0.2, 0) is 14.4 Å². The normalized spacial score (nSPS) is 14.9. The monoisotopic (exact) mass is 344 g/mol. The highest BCUT2D eigenvalue weighted by atomic mass is 16.2. The van der Waals surface area contributed by atoms with Crippen molar-refractivity contribution < 1.29 is 14.4 Å². The first-order valence-corrected chi connectivity index (χ1v) is 8.45. The van der Waals surface area contributed by atoms with Gasteiger partial charge in [-0.05, 0) is 38.3 Å². The van der Waals surface area contributed by atoms with Gasteiger partial charge in [0.25, 0.3) is 0 Å². The summed E-state index contributed by atoms with van der Waals surface area (Å²) in [6, 6.07) is 7.40. The lowest BCUT2D eigenvalue weighted by atomic mass is 10.2. The Bertz CT molecular complexity index is 679. The summed E-state index contributed by atoms with van der Waals surface area (Å²) in [6.07, 6.45) is 4.40. The van der Waals surface area contributed by atoms with Crippen molar-refractivity contribution in [1.82, 2.24) is 10.7 Å². The molecule has 7 nitrogen and oxygen atoms in total. The summed E-state index contributed by atoms with van der Waals surface area (Å²) in [6.45, 7) is 3.46. The highest BCUT2D eigenvalue weighted by Crippen LogP contribution is 2.17. The Kier molecular flexibility index (Phi) is 6.68. The predicted molar refractivity (Wildman–Crippen MR) is 96.1 cm³/mol. The van der Waals surface area contributed by atoms with E-state index in [2.05, 4.69) is 21.2 Å². The first kappa shape index (κ1) is 18.6. The zero-order valence-electron chi connectivity index (χ0n) is 14.6. The maximum atomic E-state index is 11.9. The summed E-state index contributed by atoms with van der Waals surface area (Å²) in [4.78, 5) is 35.5. The third kappa shape index (κ3) is 6.02. The van der Waals surface area contributed by atoms with Crippen LogP contribution in [0.4, 0.5) is 5.69 Å². The Morgan fingerprint density at radius 2 is 1.80 bits per heavy atom. The molecule has 134 valence electrons. The molecule has 0 radical (unpaired) electrons. The molecular formula is C18H24N4O3. The third-order valence-corrected chi connectivity index (χ3v) is 4.08. The van der Waals surface area contributed by atoms with Crippen LogP contribution in [0.1, 0.15) is 44.6 Å². The van der Waals surface area contributed by atoms with Gasteiger partial charge in [-0.25, -0.2) is 5.43 Å². The summed E-state index contributed by atoms with van der Waals surface area (Å²) < 4.78 is 0. The molecule has 25 heavy (non-hydrogen) atoms. The first-order chi connectivity index (χ1) is 12.0. The second kappa shape index (κ2) is 8.96. The zero-order chi connectivity index (χ0) is 18.2. The van der Waals surface area contributed by atoms with Crippen LogP contribution in [-0.4, -0.2) is 29.5 Å². The fourth-order valence-corrected chi connectivity index (χ4v) is 2.71. The minimum atomic E-state index is -0.876. The van der Waals surface area contributed by atoms with Gasteiger partial charge in [0.2, 0.25) is 5.91 Å². The lowest BCUT2D eigenvalue weighted by Crippen LogP contribution is -2.35. The molecule has 3 amide bonds. The molecule has 1 aliphatic carbocycles. The summed E-state index contributed by atoms with van der Waals surface area (Å²) in [7, 11) is 0. The molecular weight excluding hydrogens is 320 g/mol. The van der Waals surface area contributed by atoms with Gasteiger partial charge in [0.15, 0.2) is 0 Å². The molecule has 0 unspecified atom stereocenters. The molecule has 0 atom stereocenters. The Labute approximate surface area is 147 Å². The predicted octanol–water partition coefficient (Wildman–Crippen LogP) is 1.87. The van der Waals surface area contributed by atoms with Crippen LogP contribution in [0.25, 0.3) is 0 Å². The molecule has 1 fully saturated rings. The Hall–Kier alpha value is -2.70.